The minimum absolute atomic E-state index is 0.426. The zero-order valence-corrected chi connectivity index (χ0v) is 12.6. The predicted octanol–water partition coefficient (Wildman–Crippen LogP) is 5.04. The van der Waals surface area contributed by atoms with Crippen LogP contribution in [0.15, 0.2) is 16.5 Å². The van der Waals surface area contributed by atoms with Gasteiger partial charge in [-0.3, -0.25) is 0 Å². The lowest BCUT2D eigenvalue weighted by molar-refractivity contribution is 0.114. The average molecular weight is 264 g/mol. The van der Waals surface area contributed by atoms with E-state index in [4.69, 9.17) is 4.42 Å². The Labute approximate surface area is 117 Å². The minimum Gasteiger partial charge on any atom is -0.463 e. The van der Waals surface area contributed by atoms with Crippen molar-refractivity contribution < 1.29 is 9.52 Å². The second-order valence-corrected chi connectivity index (χ2v) is 6.23. The monoisotopic (exact) mass is 264 g/mol. The van der Waals surface area contributed by atoms with Gasteiger partial charge in [0.15, 0.2) is 0 Å². The van der Waals surface area contributed by atoms with Crippen LogP contribution in [0.4, 0.5) is 0 Å². The molecule has 1 fully saturated rings. The van der Waals surface area contributed by atoms with Crippen LogP contribution in [0.1, 0.15) is 82.8 Å². The molecule has 0 saturated heterocycles. The first-order valence-electron chi connectivity index (χ1n) is 7.93. The van der Waals surface area contributed by atoms with Gasteiger partial charge in [0, 0.05) is 5.92 Å². The quantitative estimate of drug-likeness (QED) is 0.713. The van der Waals surface area contributed by atoms with E-state index in [1.807, 2.05) is 6.07 Å². The number of aliphatic hydroxyl groups excluding tert-OH is 1. The van der Waals surface area contributed by atoms with Crippen LogP contribution < -0.4 is 0 Å². The molecule has 0 radical (unpaired) electrons. The molecule has 1 saturated carbocycles. The molecule has 1 aromatic rings. The van der Waals surface area contributed by atoms with Crippen molar-refractivity contribution in [2.45, 2.75) is 71.3 Å². The van der Waals surface area contributed by atoms with E-state index in [-0.39, 0.29) is 0 Å². The van der Waals surface area contributed by atoms with Gasteiger partial charge in [0.25, 0.3) is 0 Å². The van der Waals surface area contributed by atoms with Gasteiger partial charge in [-0.25, -0.2) is 0 Å². The van der Waals surface area contributed by atoms with Crippen LogP contribution >= 0.6 is 0 Å². The molecule has 1 heterocycles. The molecule has 19 heavy (non-hydrogen) atoms. The first-order valence-corrected chi connectivity index (χ1v) is 7.93. The maximum absolute atomic E-state index is 10.3. The van der Waals surface area contributed by atoms with Crippen LogP contribution in [0.2, 0.25) is 0 Å². The van der Waals surface area contributed by atoms with Crippen molar-refractivity contribution in [2.24, 2.45) is 11.8 Å². The normalized spacial score (nSPS) is 25.3. The first-order chi connectivity index (χ1) is 9.15. The van der Waals surface area contributed by atoms with Gasteiger partial charge in [0.1, 0.15) is 17.6 Å². The van der Waals surface area contributed by atoms with Gasteiger partial charge in [-0.05, 0) is 36.8 Å². The molecule has 2 rings (SSSR count). The summed E-state index contributed by atoms with van der Waals surface area (Å²) < 4.78 is 5.84. The molecule has 0 aliphatic heterocycles. The number of furan rings is 1. The maximum atomic E-state index is 10.3. The van der Waals surface area contributed by atoms with E-state index >= 15 is 0 Å². The highest BCUT2D eigenvalue weighted by Crippen LogP contribution is 2.47. The van der Waals surface area contributed by atoms with E-state index in [9.17, 15) is 5.11 Å². The van der Waals surface area contributed by atoms with E-state index in [1.54, 1.807) is 0 Å². The SMILES string of the molecule is CCCCC(CC)CC(O)c1ccc(C2CC2C)o1. The topological polar surface area (TPSA) is 33.4 Å². The Morgan fingerprint density at radius 1 is 1.37 bits per heavy atom. The molecule has 0 aromatic carbocycles. The Kier molecular flexibility index (Phi) is 5.09. The highest BCUT2D eigenvalue weighted by molar-refractivity contribution is 5.18. The Morgan fingerprint density at radius 2 is 2.11 bits per heavy atom. The van der Waals surface area contributed by atoms with Crippen LogP contribution in [0, 0.1) is 11.8 Å². The van der Waals surface area contributed by atoms with Gasteiger partial charge in [-0.15, -0.1) is 0 Å². The van der Waals surface area contributed by atoms with Crippen molar-refractivity contribution in [3.63, 3.8) is 0 Å². The average Bonchev–Trinajstić information content (AvgIpc) is 2.94. The second kappa shape index (κ2) is 6.60. The number of hydrogen-bond donors (Lipinski definition) is 1. The number of unbranched alkanes of at least 4 members (excludes halogenated alkanes) is 1. The largest absolute Gasteiger partial charge is 0.463 e. The fourth-order valence-corrected chi connectivity index (χ4v) is 2.88. The summed E-state index contributed by atoms with van der Waals surface area (Å²) in [7, 11) is 0. The lowest BCUT2D eigenvalue weighted by atomic mass is 9.92. The van der Waals surface area contributed by atoms with Gasteiger partial charge in [0.05, 0.1) is 0 Å². The smallest absolute Gasteiger partial charge is 0.132 e. The molecular formula is C17H28O2. The molecule has 1 aliphatic rings. The summed E-state index contributed by atoms with van der Waals surface area (Å²) in [4.78, 5) is 0. The molecule has 0 spiro atoms. The summed E-state index contributed by atoms with van der Waals surface area (Å²) in [6.45, 7) is 6.69. The molecular weight excluding hydrogens is 236 g/mol. The van der Waals surface area contributed by atoms with Crippen molar-refractivity contribution in [3.8, 4) is 0 Å². The van der Waals surface area contributed by atoms with E-state index in [0.29, 0.717) is 11.8 Å². The lowest BCUT2D eigenvalue weighted by Gasteiger charge is -2.17. The van der Waals surface area contributed by atoms with Gasteiger partial charge in [0.2, 0.25) is 0 Å². The van der Waals surface area contributed by atoms with Crippen LogP contribution in [0.25, 0.3) is 0 Å². The van der Waals surface area contributed by atoms with E-state index < -0.39 is 6.10 Å². The molecule has 108 valence electrons. The molecule has 1 N–H and O–H groups in total. The molecule has 0 bridgehead atoms. The number of rotatable bonds is 8. The molecule has 2 nitrogen and oxygen atoms in total. The van der Waals surface area contributed by atoms with Crippen molar-refractivity contribution in [1.82, 2.24) is 0 Å². The Hall–Kier alpha value is -0.760. The van der Waals surface area contributed by atoms with E-state index in [2.05, 4.69) is 26.8 Å². The van der Waals surface area contributed by atoms with Crippen molar-refractivity contribution >= 4 is 0 Å². The minimum atomic E-state index is -0.426. The fourth-order valence-electron chi connectivity index (χ4n) is 2.88. The summed E-state index contributed by atoms with van der Waals surface area (Å²) >= 11 is 0. The second-order valence-electron chi connectivity index (χ2n) is 6.23. The van der Waals surface area contributed by atoms with Crippen LogP contribution in [-0.4, -0.2) is 5.11 Å². The van der Waals surface area contributed by atoms with Crippen LogP contribution in [-0.2, 0) is 0 Å². The van der Waals surface area contributed by atoms with Gasteiger partial charge >= 0.3 is 0 Å². The van der Waals surface area contributed by atoms with Crippen molar-refractivity contribution in [1.29, 1.82) is 0 Å². The molecule has 1 aliphatic carbocycles. The maximum Gasteiger partial charge on any atom is 0.132 e. The summed E-state index contributed by atoms with van der Waals surface area (Å²) in [5.74, 6) is 3.81. The third-order valence-electron chi connectivity index (χ3n) is 4.55. The van der Waals surface area contributed by atoms with Gasteiger partial charge in [-0.1, -0.05) is 46.5 Å². The summed E-state index contributed by atoms with van der Waals surface area (Å²) in [6.07, 6.45) is 6.50. The van der Waals surface area contributed by atoms with E-state index in [0.717, 1.165) is 30.3 Å². The van der Waals surface area contributed by atoms with Gasteiger partial charge in [-0.2, -0.15) is 0 Å². The summed E-state index contributed by atoms with van der Waals surface area (Å²) in [6, 6.07) is 4.03. The predicted molar refractivity (Wildman–Crippen MR) is 78.1 cm³/mol. The van der Waals surface area contributed by atoms with Crippen molar-refractivity contribution in [2.75, 3.05) is 0 Å². The highest BCUT2D eigenvalue weighted by atomic mass is 16.4. The van der Waals surface area contributed by atoms with Crippen LogP contribution in [0.5, 0.6) is 0 Å². The third kappa shape index (κ3) is 3.85. The molecule has 4 unspecified atom stereocenters. The summed E-state index contributed by atoms with van der Waals surface area (Å²) in [5, 5.41) is 10.3. The lowest BCUT2D eigenvalue weighted by Crippen LogP contribution is -2.06. The van der Waals surface area contributed by atoms with Gasteiger partial charge < -0.3 is 9.52 Å². The number of hydrogen-bond acceptors (Lipinski definition) is 2. The first kappa shape index (κ1) is 14.6. The molecule has 4 atom stereocenters. The number of aliphatic hydroxyl groups is 1. The van der Waals surface area contributed by atoms with Crippen LogP contribution in [0.3, 0.4) is 0 Å². The fraction of sp³-hybridized carbons (Fsp3) is 0.765. The highest BCUT2D eigenvalue weighted by Gasteiger charge is 2.36. The zero-order valence-electron chi connectivity index (χ0n) is 12.6. The summed E-state index contributed by atoms with van der Waals surface area (Å²) in [5.41, 5.74) is 0. The van der Waals surface area contributed by atoms with Crippen molar-refractivity contribution in [3.05, 3.63) is 23.7 Å². The molecule has 0 amide bonds. The standard InChI is InChI=1S/C17H28O2/c1-4-6-7-13(5-2)11-15(18)17-9-8-16(19-17)14-10-12(14)3/h8-9,12-15,18H,4-7,10-11H2,1-3H3. The Balaban J connectivity index is 1.87. The zero-order chi connectivity index (χ0) is 13.8. The third-order valence-corrected chi connectivity index (χ3v) is 4.55. The molecule has 1 aromatic heterocycles. The Bertz CT molecular complexity index is 382. The Morgan fingerprint density at radius 3 is 2.68 bits per heavy atom. The molecule has 2 heteroatoms. The van der Waals surface area contributed by atoms with E-state index in [1.165, 1.54) is 25.7 Å².